The summed E-state index contributed by atoms with van der Waals surface area (Å²) in [5, 5.41) is 0. The lowest BCUT2D eigenvalue weighted by Gasteiger charge is -2.33. The van der Waals surface area contributed by atoms with Crippen molar-refractivity contribution >= 4 is 74.0 Å². The van der Waals surface area contributed by atoms with Crippen molar-refractivity contribution in [3.63, 3.8) is 0 Å². The average Bonchev–Trinajstić information content (AvgIpc) is 3.31. The molecule has 0 aromatic heterocycles. The molecule has 0 fully saturated rings. The Balaban J connectivity index is 1.22. The number of anilines is 12. The van der Waals surface area contributed by atoms with Crippen LogP contribution in [0.2, 0.25) is 0 Å². The van der Waals surface area contributed by atoms with Crippen LogP contribution < -0.4 is 19.6 Å². The number of carbonyl (C=O) groups is 1. The quantitative estimate of drug-likeness (QED) is 0.157. The van der Waals surface area contributed by atoms with E-state index in [1.54, 1.807) is 0 Å². The third-order valence-electron chi connectivity index (χ3n) is 10.9. The van der Waals surface area contributed by atoms with Crippen LogP contribution >= 0.6 is 0 Å². The predicted octanol–water partition coefficient (Wildman–Crippen LogP) is 15.1. The maximum atomic E-state index is 13.5. The largest absolute Gasteiger partial charge is 0.310 e. The predicted molar refractivity (Wildman–Crippen MR) is 249 cm³/mol. The molecule has 0 saturated carbocycles. The van der Waals surface area contributed by atoms with Crippen LogP contribution in [-0.4, -0.2) is 5.78 Å². The van der Waals surface area contributed by atoms with E-state index in [-0.39, 0.29) is 5.78 Å². The summed E-state index contributed by atoms with van der Waals surface area (Å²) in [6, 6.07) is 83.9. The molecule has 0 radical (unpaired) electrons. The van der Waals surface area contributed by atoms with Gasteiger partial charge in [0.15, 0.2) is 5.78 Å². The van der Waals surface area contributed by atoms with Crippen LogP contribution in [0.1, 0.15) is 15.9 Å². The highest BCUT2D eigenvalue weighted by Crippen LogP contribution is 2.46. The molecule has 1 aliphatic rings. The smallest absolute Gasteiger partial charge is 0.193 e. The van der Waals surface area contributed by atoms with E-state index in [0.717, 1.165) is 68.2 Å². The fourth-order valence-corrected chi connectivity index (χ4v) is 8.12. The van der Waals surface area contributed by atoms with E-state index in [0.29, 0.717) is 11.1 Å². The summed E-state index contributed by atoms with van der Waals surface area (Å²) in [7, 11) is 0. The molecule has 60 heavy (non-hydrogen) atoms. The van der Waals surface area contributed by atoms with Gasteiger partial charge in [-0.1, -0.05) is 109 Å². The molecule has 0 N–H and O–H groups in total. The number of carbonyl (C=O) groups excluding carboxylic acids is 1. The Bertz CT molecular complexity index is 2770. The van der Waals surface area contributed by atoms with Gasteiger partial charge in [0.25, 0.3) is 0 Å². The molecule has 0 saturated heterocycles. The van der Waals surface area contributed by atoms with Gasteiger partial charge in [0, 0.05) is 79.4 Å². The van der Waals surface area contributed by atoms with E-state index in [4.69, 9.17) is 0 Å². The molecule has 10 rings (SSSR count). The molecule has 9 aromatic carbocycles. The van der Waals surface area contributed by atoms with E-state index in [1.807, 2.05) is 54.6 Å². The van der Waals surface area contributed by atoms with Crippen molar-refractivity contribution in [1.82, 2.24) is 0 Å². The summed E-state index contributed by atoms with van der Waals surface area (Å²) in [5.41, 5.74) is 13.4. The Morgan fingerprint density at radius 3 is 0.717 bits per heavy atom. The number of para-hydroxylation sites is 3. The third kappa shape index (κ3) is 7.06. The van der Waals surface area contributed by atoms with Gasteiger partial charge in [-0.05, 0) is 133 Å². The first kappa shape index (κ1) is 36.2. The molecule has 0 aliphatic carbocycles. The van der Waals surface area contributed by atoms with Crippen molar-refractivity contribution < 1.29 is 4.79 Å². The molecule has 9 aromatic rings. The monoisotopic (exact) mass is 772 g/mol. The number of benzene rings is 9. The lowest BCUT2D eigenvalue weighted by atomic mass is 10.0. The molecule has 0 atom stereocenters. The van der Waals surface area contributed by atoms with Gasteiger partial charge in [0.05, 0.1) is 0 Å². The summed E-state index contributed by atoms with van der Waals surface area (Å²) in [6.45, 7) is 0. The normalized spacial score (nSPS) is 12.3. The Labute approximate surface area is 350 Å². The molecule has 0 amide bonds. The molecule has 286 valence electrons. The zero-order valence-corrected chi connectivity index (χ0v) is 32.8. The average molecular weight is 773 g/mol. The number of nitrogens with zero attached hydrogens (tertiary/aromatic N) is 4. The van der Waals surface area contributed by atoms with Crippen molar-refractivity contribution in [3.05, 3.63) is 254 Å². The minimum absolute atomic E-state index is 0.00793. The second kappa shape index (κ2) is 16.0. The lowest BCUT2D eigenvalue weighted by molar-refractivity contribution is 0.103. The van der Waals surface area contributed by atoms with Crippen molar-refractivity contribution in [2.75, 3.05) is 19.6 Å². The third-order valence-corrected chi connectivity index (χ3v) is 10.9. The number of fused-ring (bicyclic) bond motifs is 8. The highest BCUT2D eigenvalue weighted by molar-refractivity contribution is 6.09. The fourth-order valence-electron chi connectivity index (χ4n) is 8.12. The van der Waals surface area contributed by atoms with Gasteiger partial charge in [0.2, 0.25) is 0 Å². The van der Waals surface area contributed by atoms with Gasteiger partial charge in [-0.15, -0.1) is 0 Å². The Hall–Kier alpha value is -8.15. The molecule has 5 heteroatoms. The van der Waals surface area contributed by atoms with Crippen molar-refractivity contribution in [1.29, 1.82) is 0 Å². The first-order valence-corrected chi connectivity index (χ1v) is 20.1. The number of hydrogen-bond acceptors (Lipinski definition) is 5. The van der Waals surface area contributed by atoms with Gasteiger partial charge < -0.3 is 19.6 Å². The van der Waals surface area contributed by atoms with Gasteiger partial charge in [-0.2, -0.15) is 0 Å². The van der Waals surface area contributed by atoms with E-state index < -0.39 is 0 Å². The van der Waals surface area contributed by atoms with E-state index in [9.17, 15) is 4.79 Å². The maximum absolute atomic E-state index is 13.5. The van der Waals surface area contributed by atoms with Crippen LogP contribution in [0.25, 0.3) is 0 Å². The van der Waals surface area contributed by atoms with E-state index in [2.05, 4.69) is 208 Å². The highest BCUT2D eigenvalue weighted by atomic mass is 16.1. The molecule has 1 heterocycles. The topological polar surface area (TPSA) is 30.0 Å². The Morgan fingerprint density at radius 1 is 0.217 bits per heavy atom. The zero-order valence-electron chi connectivity index (χ0n) is 32.8. The molecule has 0 spiro atoms. The summed E-state index contributed by atoms with van der Waals surface area (Å²) >= 11 is 0. The van der Waals surface area contributed by atoms with Gasteiger partial charge >= 0.3 is 0 Å². The molecule has 1 aliphatic heterocycles. The maximum Gasteiger partial charge on any atom is 0.193 e. The summed E-state index contributed by atoms with van der Waals surface area (Å²) in [4.78, 5) is 22.8. The van der Waals surface area contributed by atoms with Crippen LogP contribution in [0, 0.1) is 0 Å². The fraction of sp³-hybridized carbons (Fsp3) is 0. The summed E-state index contributed by atoms with van der Waals surface area (Å²) < 4.78 is 0. The number of hydrogen-bond donors (Lipinski definition) is 0. The standard InChI is InChI=1S/C55H40N4O/c60-55(41-17-5-1-6-18-41)42-33-35-46(36-34-42)59-53-31-15-29-51(39-53)57(44-21-9-3-10-22-44)49-27-13-25-47(37-49)56(43-19-7-2-8-20-43)48-26-14-28-50(38-48)58(45-23-11-4-12-24-45)52-30-16-32-54(59)40-52/h1-40H. The highest BCUT2D eigenvalue weighted by Gasteiger charge is 2.23. The zero-order chi connectivity index (χ0) is 40.3. The molecule has 5 nitrogen and oxygen atoms in total. The molecule has 0 unspecified atom stereocenters. The van der Waals surface area contributed by atoms with Gasteiger partial charge in [-0.25, -0.2) is 0 Å². The first-order valence-electron chi connectivity index (χ1n) is 20.1. The Kier molecular flexibility index (Phi) is 9.66. The molecular formula is C55H40N4O. The SMILES string of the molecule is O=C(c1ccccc1)c1ccc(N2c3cccc(c3)N(c3ccccc3)c3cccc(c3)N(c3ccccc3)c3cccc(c3)N(c3ccccc3)c3cccc2c3)cc1. The van der Waals surface area contributed by atoms with Gasteiger partial charge in [-0.3, -0.25) is 4.79 Å². The Morgan fingerprint density at radius 2 is 0.433 bits per heavy atom. The van der Waals surface area contributed by atoms with Crippen LogP contribution in [0.4, 0.5) is 68.2 Å². The van der Waals surface area contributed by atoms with Gasteiger partial charge in [0.1, 0.15) is 0 Å². The second-order valence-corrected chi connectivity index (χ2v) is 14.7. The van der Waals surface area contributed by atoms with E-state index in [1.165, 1.54) is 0 Å². The van der Waals surface area contributed by atoms with Crippen LogP contribution in [0.15, 0.2) is 243 Å². The van der Waals surface area contributed by atoms with Crippen molar-refractivity contribution in [2.24, 2.45) is 0 Å². The second-order valence-electron chi connectivity index (χ2n) is 14.7. The molecular weight excluding hydrogens is 733 g/mol. The van der Waals surface area contributed by atoms with Crippen molar-refractivity contribution in [3.8, 4) is 0 Å². The molecule has 8 bridgehead atoms. The number of ketones is 1. The summed E-state index contributed by atoms with van der Waals surface area (Å²) in [6.07, 6.45) is 0. The number of rotatable bonds is 6. The minimum atomic E-state index is -0.00793. The van der Waals surface area contributed by atoms with Crippen molar-refractivity contribution in [2.45, 2.75) is 0 Å². The lowest BCUT2D eigenvalue weighted by Crippen LogP contribution is -2.16. The minimum Gasteiger partial charge on any atom is -0.310 e. The van der Waals surface area contributed by atoms with E-state index >= 15 is 0 Å². The van der Waals surface area contributed by atoms with Crippen LogP contribution in [0.5, 0.6) is 0 Å². The summed E-state index contributed by atoms with van der Waals surface area (Å²) in [5.74, 6) is -0.00793. The van der Waals surface area contributed by atoms with Crippen LogP contribution in [-0.2, 0) is 0 Å². The van der Waals surface area contributed by atoms with Crippen LogP contribution in [0.3, 0.4) is 0 Å². The first-order chi connectivity index (χ1) is 29.7.